The number of furan rings is 1. The minimum atomic E-state index is -0.377. The zero-order valence-electron chi connectivity index (χ0n) is 14.7. The van der Waals surface area contributed by atoms with Gasteiger partial charge in [-0.25, -0.2) is 0 Å². The molecule has 1 aromatic heterocycles. The number of aryl methyl sites for hydroxylation is 1. The van der Waals surface area contributed by atoms with E-state index < -0.39 is 0 Å². The summed E-state index contributed by atoms with van der Waals surface area (Å²) in [6, 6.07) is 10.6. The molecule has 2 amide bonds. The van der Waals surface area contributed by atoms with Crippen molar-refractivity contribution in [2.75, 3.05) is 13.2 Å². The molecule has 0 saturated carbocycles. The van der Waals surface area contributed by atoms with E-state index in [0.717, 1.165) is 25.0 Å². The molecular formula is C20H22N2O4. The first-order valence-corrected chi connectivity index (χ1v) is 8.65. The average molecular weight is 354 g/mol. The Morgan fingerprint density at radius 2 is 2.04 bits per heavy atom. The Morgan fingerprint density at radius 1 is 1.23 bits per heavy atom. The highest BCUT2D eigenvalue weighted by molar-refractivity contribution is 6.05. The SMILES string of the molecule is Cc1ccc(C(=O)N/C(=C/c2ccco2)C(=O)NC[C@@H]2CCCO2)cc1. The van der Waals surface area contributed by atoms with Crippen LogP contribution < -0.4 is 10.6 Å². The quantitative estimate of drug-likeness (QED) is 0.782. The van der Waals surface area contributed by atoms with E-state index in [1.165, 1.54) is 12.3 Å². The molecule has 0 spiro atoms. The molecule has 136 valence electrons. The number of carbonyl (C=O) groups excluding carboxylic acids is 2. The minimum absolute atomic E-state index is 0.0246. The Kier molecular flexibility index (Phi) is 5.86. The lowest BCUT2D eigenvalue weighted by atomic mass is 10.1. The van der Waals surface area contributed by atoms with Gasteiger partial charge in [0.05, 0.1) is 12.4 Å². The number of carbonyl (C=O) groups is 2. The number of ether oxygens (including phenoxy) is 1. The van der Waals surface area contributed by atoms with E-state index >= 15 is 0 Å². The predicted octanol–water partition coefficient (Wildman–Crippen LogP) is 2.65. The van der Waals surface area contributed by atoms with E-state index in [9.17, 15) is 9.59 Å². The van der Waals surface area contributed by atoms with Gasteiger partial charge in [0.25, 0.3) is 11.8 Å². The number of hydrogen-bond acceptors (Lipinski definition) is 4. The molecule has 1 aliphatic rings. The molecule has 26 heavy (non-hydrogen) atoms. The maximum atomic E-state index is 12.6. The number of nitrogens with one attached hydrogen (secondary N) is 2. The van der Waals surface area contributed by atoms with Crippen LogP contribution in [0.3, 0.4) is 0 Å². The summed E-state index contributed by atoms with van der Waals surface area (Å²) < 4.78 is 10.8. The van der Waals surface area contributed by atoms with Crippen LogP contribution in [0.15, 0.2) is 52.8 Å². The van der Waals surface area contributed by atoms with Crippen LogP contribution in [0.2, 0.25) is 0 Å². The Bertz CT molecular complexity index is 773. The molecule has 1 saturated heterocycles. The predicted molar refractivity (Wildman–Crippen MR) is 97.3 cm³/mol. The van der Waals surface area contributed by atoms with Crippen LogP contribution in [-0.2, 0) is 9.53 Å². The smallest absolute Gasteiger partial charge is 0.268 e. The molecule has 2 heterocycles. The van der Waals surface area contributed by atoms with Crippen molar-refractivity contribution in [2.24, 2.45) is 0 Å². The van der Waals surface area contributed by atoms with E-state index in [2.05, 4.69) is 10.6 Å². The molecule has 6 nitrogen and oxygen atoms in total. The zero-order valence-corrected chi connectivity index (χ0v) is 14.7. The number of hydrogen-bond donors (Lipinski definition) is 2. The van der Waals surface area contributed by atoms with Crippen LogP contribution in [0.1, 0.15) is 34.5 Å². The topological polar surface area (TPSA) is 80.6 Å². The van der Waals surface area contributed by atoms with Crippen molar-refractivity contribution in [2.45, 2.75) is 25.9 Å². The van der Waals surface area contributed by atoms with Crippen molar-refractivity contribution in [3.63, 3.8) is 0 Å². The fourth-order valence-corrected chi connectivity index (χ4v) is 2.68. The Hall–Kier alpha value is -2.86. The Labute approximate surface area is 152 Å². The largest absolute Gasteiger partial charge is 0.465 e. The van der Waals surface area contributed by atoms with Crippen LogP contribution in [0.4, 0.5) is 0 Å². The van der Waals surface area contributed by atoms with Crippen molar-refractivity contribution >= 4 is 17.9 Å². The van der Waals surface area contributed by atoms with Gasteiger partial charge >= 0.3 is 0 Å². The van der Waals surface area contributed by atoms with Crippen LogP contribution >= 0.6 is 0 Å². The first-order chi connectivity index (χ1) is 12.6. The Balaban J connectivity index is 1.71. The second-order valence-electron chi connectivity index (χ2n) is 6.24. The van der Waals surface area contributed by atoms with Crippen molar-refractivity contribution in [1.82, 2.24) is 10.6 Å². The van der Waals surface area contributed by atoms with Gasteiger partial charge in [0.15, 0.2) is 0 Å². The van der Waals surface area contributed by atoms with Crippen LogP contribution in [0, 0.1) is 6.92 Å². The summed E-state index contributed by atoms with van der Waals surface area (Å²) in [6.07, 6.45) is 4.97. The van der Waals surface area contributed by atoms with Crippen LogP contribution in [-0.4, -0.2) is 31.1 Å². The van der Waals surface area contributed by atoms with E-state index in [1.807, 2.05) is 19.1 Å². The molecular weight excluding hydrogens is 332 g/mol. The van der Waals surface area contributed by atoms with Crippen LogP contribution in [0.25, 0.3) is 6.08 Å². The number of rotatable bonds is 6. The Morgan fingerprint density at radius 3 is 2.69 bits per heavy atom. The summed E-state index contributed by atoms with van der Waals surface area (Å²) in [5, 5.41) is 5.49. The lowest BCUT2D eigenvalue weighted by Gasteiger charge is -2.13. The molecule has 2 aromatic rings. The van der Waals surface area contributed by atoms with Gasteiger partial charge in [0.1, 0.15) is 11.5 Å². The monoisotopic (exact) mass is 354 g/mol. The lowest BCUT2D eigenvalue weighted by Crippen LogP contribution is -2.38. The second kappa shape index (κ2) is 8.49. The summed E-state index contributed by atoms with van der Waals surface area (Å²) >= 11 is 0. The molecule has 6 heteroatoms. The van der Waals surface area contributed by atoms with E-state index in [0.29, 0.717) is 17.9 Å². The molecule has 0 unspecified atom stereocenters. The standard InChI is InChI=1S/C20H22N2O4/c1-14-6-8-15(9-7-14)19(23)22-18(12-16-4-2-10-25-16)20(24)21-13-17-5-3-11-26-17/h2,4,6-10,12,17H,3,5,11,13H2,1H3,(H,21,24)(H,22,23)/b18-12+/t17-/m0/s1. The van der Waals surface area contributed by atoms with Gasteiger partial charge in [0, 0.05) is 24.8 Å². The molecule has 3 rings (SSSR count). The highest BCUT2D eigenvalue weighted by atomic mass is 16.5. The number of benzene rings is 1. The van der Waals surface area contributed by atoms with Gasteiger partial charge in [-0.3, -0.25) is 9.59 Å². The van der Waals surface area contributed by atoms with Gasteiger partial charge in [0.2, 0.25) is 0 Å². The summed E-state index contributed by atoms with van der Waals surface area (Å²) in [4.78, 5) is 25.0. The molecule has 1 fully saturated rings. The average Bonchev–Trinajstić information content (AvgIpc) is 3.33. The summed E-state index contributed by atoms with van der Waals surface area (Å²) in [5.41, 5.74) is 1.67. The van der Waals surface area contributed by atoms with E-state index in [-0.39, 0.29) is 23.6 Å². The first kappa shape index (κ1) is 17.9. The first-order valence-electron chi connectivity index (χ1n) is 8.65. The van der Waals surface area contributed by atoms with Gasteiger partial charge in [-0.15, -0.1) is 0 Å². The van der Waals surface area contributed by atoms with Gasteiger partial charge < -0.3 is 19.8 Å². The van der Waals surface area contributed by atoms with E-state index in [1.54, 1.807) is 24.3 Å². The minimum Gasteiger partial charge on any atom is -0.465 e. The summed E-state index contributed by atoms with van der Waals surface area (Å²) in [7, 11) is 0. The third-order valence-corrected chi connectivity index (χ3v) is 4.15. The van der Waals surface area contributed by atoms with Gasteiger partial charge in [-0.2, -0.15) is 0 Å². The molecule has 0 aliphatic carbocycles. The fraction of sp³-hybridized carbons (Fsp3) is 0.300. The molecule has 0 radical (unpaired) electrons. The molecule has 1 aliphatic heterocycles. The van der Waals surface area contributed by atoms with Crippen molar-refractivity contribution in [1.29, 1.82) is 0 Å². The lowest BCUT2D eigenvalue weighted by molar-refractivity contribution is -0.118. The second-order valence-corrected chi connectivity index (χ2v) is 6.24. The molecule has 0 bridgehead atoms. The third kappa shape index (κ3) is 4.83. The zero-order chi connectivity index (χ0) is 18.4. The van der Waals surface area contributed by atoms with Crippen LogP contribution in [0.5, 0.6) is 0 Å². The molecule has 2 N–H and O–H groups in total. The van der Waals surface area contributed by atoms with Crippen molar-refractivity contribution < 1.29 is 18.7 Å². The number of amides is 2. The van der Waals surface area contributed by atoms with Gasteiger partial charge in [-0.05, 0) is 44.0 Å². The maximum Gasteiger partial charge on any atom is 0.268 e. The summed E-state index contributed by atoms with van der Waals surface area (Å²) in [6.45, 7) is 3.08. The molecule has 1 atom stereocenters. The van der Waals surface area contributed by atoms with Crippen molar-refractivity contribution in [3.8, 4) is 0 Å². The highest BCUT2D eigenvalue weighted by Gasteiger charge is 2.19. The molecule has 1 aromatic carbocycles. The highest BCUT2D eigenvalue weighted by Crippen LogP contribution is 2.12. The fourth-order valence-electron chi connectivity index (χ4n) is 2.68. The summed E-state index contributed by atoms with van der Waals surface area (Å²) in [5.74, 6) is -0.246. The van der Waals surface area contributed by atoms with Gasteiger partial charge in [-0.1, -0.05) is 17.7 Å². The maximum absolute atomic E-state index is 12.6. The van der Waals surface area contributed by atoms with E-state index in [4.69, 9.17) is 9.15 Å². The normalized spacial score (nSPS) is 17.1. The third-order valence-electron chi connectivity index (χ3n) is 4.15. The van der Waals surface area contributed by atoms with Crippen molar-refractivity contribution in [3.05, 3.63) is 65.2 Å².